The molecule has 1 rings (SSSR count). The summed E-state index contributed by atoms with van der Waals surface area (Å²) in [5.41, 5.74) is -0.395. The molecule has 0 aromatic heterocycles. The summed E-state index contributed by atoms with van der Waals surface area (Å²) in [6, 6.07) is 0. The smallest absolute Gasteiger partial charge is 0.339 e. The minimum Gasteiger partial charge on any atom is -0.545 e. The molecule has 0 atom stereocenters. The predicted molar refractivity (Wildman–Crippen MR) is 72.9 cm³/mol. The molecular formula is C9H3Br4O4-. The van der Waals surface area contributed by atoms with E-state index in [1.807, 2.05) is 0 Å². The van der Waals surface area contributed by atoms with E-state index in [1.54, 1.807) is 0 Å². The van der Waals surface area contributed by atoms with Crippen LogP contribution in [0.15, 0.2) is 17.9 Å². The largest absolute Gasteiger partial charge is 0.545 e. The van der Waals surface area contributed by atoms with Crippen molar-refractivity contribution in [1.29, 1.82) is 0 Å². The monoisotopic (exact) mass is 491 g/mol. The van der Waals surface area contributed by atoms with Crippen molar-refractivity contribution in [3.63, 3.8) is 0 Å². The third kappa shape index (κ3) is 2.74. The Balaban J connectivity index is 3.78. The summed E-state index contributed by atoms with van der Waals surface area (Å²) < 4.78 is 5.97. The molecule has 8 heteroatoms. The predicted octanol–water partition coefficient (Wildman–Crippen LogP) is 2.89. The van der Waals surface area contributed by atoms with Gasteiger partial charge in [0.15, 0.2) is 0 Å². The van der Waals surface area contributed by atoms with E-state index in [9.17, 15) is 14.7 Å². The van der Waals surface area contributed by atoms with Crippen molar-refractivity contribution >= 4 is 75.7 Å². The molecular weight excluding hydrogens is 492 g/mol. The number of benzene rings is 1. The van der Waals surface area contributed by atoms with E-state index in [-0.39, 0.29) is 20.1 Å². The van der Waals surface area contributed by atoms with Crippen LogP contribution in [0.2, 0.25) is 0 Å². The second-order valence-electron chi connectivity index (χ2n) is 2.78. The first-order valence-electron chi connectivity index (χ1n) is 3.98. The van der Waals surface area contributed by atoms with Crippen LogP contribution in [-0.2, 0) is 4.74 Å². The Morgan fingerprint density at radius 3 is 1.71 bits per heavy atom. The fraction of sp³-hybridized carbons (Fsp3) is 0.111. The summed E-state index contributed by atoms with van der Waals surface area (Å²) in [5, 5.41) is 11.1. The molecule has 0 heterocycles. The average molecular weight is 495 g/mol. The van der Waals surface area contributed by atoms with Gasteiger partial charge < -0.3 is 14.6 Å². The first kappa shape index (κ1) is 15.1. The lowest BCUT2D eigenvalue weighted by Crippen LogP contribution is -2.26. The van der Waals surface area contributed by atoms with Crippen LogP contribution >= 0.6 is 63.7 Å². The van der Waals surface area contributed by atoms with Gasteiger partial charge in [-0.15, -0.1) is 0 Å². The van der Waals surface area contributed by atoms with E-state index in [1.165, 1.54) is 0 Å². The normalized spacial score (nSPS) is 10.2. The third-order valence-corrected chi connectivity index (χ3v) is 6.63. The van der Waals surface area contributed by atoms with E-state index in [4.69, 9.17) is 0 Å². The first-order chi connectivity index (χ1) is 7.82. The maximum absolute atomic E-state index is 11.6. The number of methoxy groups -OCH3 is 1. The number of aromatic carboxylic acids is 1. The Hall–Kier alpha value is 0.0800. The molecule has 0 aliphatic heterocycles. The zero-order valence-electron chi connectivity index (χ0n) is 8.14. The molecule has 0 aliphatic rings. The molecule has 17 heavy (non-hydrogen) atoms. The van der Waals surface area contributed by atoms with E-state index >= 15 is 0 Å². The summed E-state index contributed by atoms with van der Waals surface area (Å²) in [6.07, 6.45) is 0. The van der Waals surface area contributed by atoms with Crippen molar-refractivity contribution < 1.29 is 19.4 Å². The number of hydrogen-bond acceptors (Lipinski definition) is 4. The molecule has 0 unspecified atom stereocenters. The highest BCUT2D eigenvalue weighted by atomic mass is 79.9. The molecule has 0 saturated carbocycles. The van der Waals surface area contributed by atoms with Crippen molar-refractivity contribution in [3.05, 3.63) is 29.0 Å². The summed E-state index contributed by atoms with van der Waals surface area (Å²) in [7, 11) is 1.16. The lowest BCUT2D eigenvalue weighted by atomic mass is 10.1. The number of carboxylic acids is 1. The third-order valence-electron chi connectivity index (χ3n) is 1.86. The number of esters is 1. The van der Waals surface area contributed by atoms with Crippen molar-refractivity contribution in [3.8, 4) is 0 Å². The Bertz CT molecular complexity index is 512. The highest BCUT2D eigenvalue weighted by Gasteiger charge is 2.24. The number of rotatable bonds is 2. The minimum absolute atomic E-state index is 0.116. The molecule has 0 spiro atoms. The van der Waals surface area contributed by atoms with Gasteiger partial charge in [0.2, 0.25) is 0 Å². The minimum atomic E-state index is -1.48. The molecule has 0 N–H and O–H groups in total. The molecule has 0 amide bonds. The van der Waals surface area contributed by atoms with Crippen LogP contribution in [0.5, 0.6) is 0 Å². The van der Waals surface area contributed by atoms with Gasteiger partial charge in [-0.25, -0.2) is 4.79 Å². The van der Waals surface area contributed by atoms with Crippen LogP contribution in [0.3, 0.4) is 0 Å². The Labute approximate surface area is 130 Å². The van der Waals surface area contributed by atoms with Crippen molar-refractivity contribution in [2.45, 2.75) is 0 Å². The van der Waals surface area contributed by atoms with Crippen molar-refractivity contribution in [1.82, 2.24) is 0 Å². The van der Waals surface area contributed by atoms with Crippen molar-refractivity contribution in [2.24, 2.45) is 0 Å². The quantitative estimate of drug-likeness (QED) is 0.360. The maximum atomic E-state index is 11.6. The van der Waals surface area contributed by atoms with Gasteiger partial charge in [0.05, 0.1) is 18.6 Å². The van der Waals surface area contributed by atoms with Crippen LogP contribution in [0, 0.1) is 0 Å². The highest BCUT2D eigenvalue weighted by Crippen LogP contribution is 2.42. The van der Waals surface area contributed by atoms with Gasteiger partial charge >= 0.3 is 5.97 Å². The van der Waals surface area contributed by atoms with E-state index in [0.29, 0.717) is 8.95 Å². The molecule has 0 fully saturated rings. The Kier molecular flexibility index (Phi) is 5.18. The maximum Gasteiger partial charge on any atom is 0.339 e. The number of ether oxygens (including phenoxy) is 1. The molecule has 1 aromatic carbocycles. The van der Waals surface area contributed by atoms with Gasteiger partial charge in [-0.05, 0) is 63.7 Å². The highest BCUT2D eigenvalue weighted by molar-refractivity contribution is 9.15. The van der Waals surface area contributed by atoms with E-state index in [0.717, 1.165) is 7.11 Å². The zero-order chi connectivity index (χ0) is 13.3. The first-order valence-corrected chi connectivity index (χ1v) is 7.15. The standard InChI is InChI=1S/C9H4Br4O4/c1-17-9(16)3-2(8(14)15)4(10)6(12)7(13)5(3)11/h1H3,(H,14,15)/p-1. The number of hydrogen-bond donors (Lipinski definition) is 0. The fourth-order valence-corrected chi connectivity index (χ4v) is 3.56. The number of carbonyl (C=O) groups excluding carboxylic acids is 2. The van der Waals surface area contributed by atoms with E-state index < -0.39 is 11.9 Å². The topological polar surface area (TPSA) is 66.4 Å². The number of carboxylic acid groups (broad SMARTS) is 1. The molecule has 1 aromatic rings. The van der Waals surface area contributed by atoms with Crippen LogP contribution in [-0.4, -0.2) is 19.0 Å². The molecule has 0 radical (unpaired) electrons. The van der Waals surface area contributed by atoms with Gasteiger partial charge in [-0.1, -0.05) is 0 Å². The lowest BCUT2D eigenvalue weighted by molar-refractivity contribution is -0.255. The molecule has 0 saturated heterocycles. The van der Waals surface area contributed by atoms with Gasteiger partial charge in [-0.2, -0.15) is 0 Å². The molecule has 92 valence electrons. The van der Waals surface area contributed by atoms with E-state index in [2.05, 4.69) is 68.5 Å². The van der Waals surface area contributed by atoms with Gasteiger partial charge in [0.25, 0.3) is 0 Å². The summed E-state index contributed by atoms with van der Waals surface area (Å²) >= 11 is 12.6. The number of carbonyl (C=O) groups is 2. The van der Waals surface area contributed by atoms with Gasteiger partial charge in [-0.3, -0.25) is 0 Å². The Morgan fingerprint density at radius 2 is 1.35 bits per heavy atom. The zero-order valence-corrected chi connectivity index (χ0v) is 14.5. The van der Waals surface area contributed by atoms with Gasteiger partial charge in [0, 0.05) is 23.5 Å². The second-order valence-corrected chi connectivity index (χ2v) is 5.96. The lowest BCUT2D eigenvalue weighted by Gasteiger charge is -2.16. The SMILES string of the molecule is COC(=O)c1c(Br)c(Br)c(Br)c(Br)c1C(=O)[O-]. The summed E-state index contributed by atoms with van der Waals surface area (Å²) in [6.45, 7) is 0. The van der Waals surface area contributed by atoms with Crippen LogP contribution < -0.4 is 5.11 Å². The van der Waals surface area contributed by atoms with Gasteiger partial charge in [0.1, 0.15) is 0 Å². The summed E-state index contributed by atoms with van der Waals surface area (Å²) in [4.78, 5) is 22.6. The van der Waals surface area contributed by atoms with Crippen LogP contribution in [0.25, 0.3) is 0 Å². The van der Waals surface area contributed by atoms with Crippen molar-refractivity contribution in [2.75, 3.05) is 7.11 Å². The Morgan fingerprint density at radius 1 is 0.941 bits per heavy atom. The van der Waals surface area contributed by atoms with Crippen LogP contribution in [0.4, 0.5) is 0 Å². The van der Waals surface area contributed by atoms with Crippen LogP contribution in [0.1, 0.15) is 20.7 Å². The molecule has 0 aliphatic carbocycles. The average Bonchev–Trinajstić information content (AvgIpc) is 2.29. The number of halogens is 4. The second kappa shape index (κ2) is 5.81. The molecule has 4 nitrogen and oxygen atoms in total. The fourth-order valence-electron chi connectivity index (χ4n) is 1.12. The summed E-state index contributed by atoms with van der Waals surface area (Å²) in [5.74, 6) is -2.25. The molecule has 0 bridgehead atoms.